The van der Waals surface area contributed by atoms with Gasteiger partial charge in [-0.05, 0) is 43.5 Å². The smallest absolute Gasteiger partial charge is 0.0668 e. The van der Waals surface area contributed by atoms with Crippen molar-refractivity contribution in [3.8, 4) is 0 Å². The van der Waals surface area contributed by atoms with E-state index in [-0.39, 0.29) is 0 Å². The number of halogens is 1. The van der Waals surface area contributed by atoms with E-state index in [1.165, 1.54) is 21.3 Å². The number of ether oxygens (including phenoxy) is 1. The molecule has 0 spiro atoms. The van der Waals surface area contributed by atoms with Gasteiger partial charge in [0.2, 0.25) is 0 Å². The van der Waals surface area contributed by atoms with Crippen LogP contribution in [0.3, 0.4) is 0 Å². The van der Waals surface area contributed by atoms with Crippen LogP contribution in [0.15, 0.2) is 16.6 Å². The molecule has 15 heavy (non-hydrogen) atoms. The van der Waals surface area contributed by atoms with Crippen LogP contribution in [0.25, 0.3) is 0 Å². The molecule has 2 nitrogen and oxygen atoms in total. The molecule has 0 bridgehead atoms. The monoisotopic (exact) mass is 269 g/mol. The average molecular weight is 270 g/mol. The van der Waals surface area contributed by atoms with Crippen LogP contribution in [0.1, 0.15) is 17.5 Å². The van der Waals surface area contributed by atoms with Crippen LogP contribution < -0.4 is 5.32 Å². The van der Waals surface area contributed by atoms with Gasteiger partial charge in [0.15, 0.2) is 0 Å². The van der Waals surface area contributed by atoms with Crippen molar-refractivity contribution in [2.24, 2.45) is 0 Å². The topological polar surface area (TPSA) is 21.3 Å². The van der Waals surface area contributed by atoms with Gasteiger partial charge in [0.05, 0.1) is 12.6 Å². The van der Waals surface area contributed by atoms with Gasteiger partial charge in [-0.15, -0.1) is 0 Å². The lowest BCUT2D eigenvalue weighted by Gasteiger charge is -2.14. The summed E-state index contributed by atoms with van der Waals surface area (Å²) in [5, 5.41) is 3.50. The van der Waals surface area contributed by atoms with Crippen LogP contribution in [0, 0.1) is 13.8 Å². The summed E-state index contributed by atoms with van der Waals surface area (Å²) < 4.78 is 6.55. The van der Waals surface area contributed by atoms with E-state index in [0.717, 1.165) is 19.6 Å². The molecule has 1 aliphatic heterocycles. The highest BCUT2D eigenvalue weighted by Crippen LogP contribution is 2.26. The normalized spacial score (nSPS) is 20.6. The second-order valence-corrected chi connectivity index (χ2v) is 4.92. The molecule has 1 heterocycles. The van der Waals surface area contributed by atoms with E-state index in [1.54, 1.807) is 0 Å². The van der Waals surface area contributed by atoms with Crippen LogP contribution in [0.4, 0.5) is 5.69 Å². The molecule has 0 aliphatic carbocycles. The minimum absolute atomic E-state index is 0.477. The highest BCUT2D eigenvalue weighted by molar-refractivity contribution is 9.10. The fourth-order valence-corrected chi connectivity index (χ4v) is 2.14. The second-order valence-electron chi connectivity index (χ2n) is 4.13. The molecule has 1 unspecified atom stereocenters. The first-order valence-electron chi connectivity index (χ1n) is 5.28. The van der Waals surface area contributed by atoms with Crippen LogP contribution in [0.5, 0.6) is 0 Å². The third-order valence-corrected chi connectivity index (χ3v) is 3.99. The van der Waals surface area contributed by atoms with Crippen LogP contribution in [-0.2, 0) is 4.74 Å². The Balaban J connectivity index is 2.14. The first-order chi connectivity index (χ1) is 7.16. The molecule has 1 aliphatic rings. The summed E-state index contributed by atoms with van der Waals surface area (Å²) in [5.41, 5.74) is 3.75. The lowest BCUT2D eigenvalue weighted by atomic mass is 10.1. The Hall–Kier alpha value is -0.540. The molecular formula is C12H16BrNO. The van der Waals surface area contributed by atoms with Gasteiger partial charge in [-0.25, -0.2) is 0 Å². The van der Waals surface area contributed by atoms with Crippen molar-refractivity contribution >= 4 is 21.6 Å². The zero-order valence-corrected chi connectivity index (χ0v) is 10.7. The summed E-state index contributed by atoms with van der Waals surface area (Å²) in [6, 6.07) is 4.83. The van der Waals surface area contributed by atoms with Crippen LogP contribution >= 0.6 is 15.9 Å². The molecule has 1 atom stereocenters. The van der Waals surface area contributed by atoms with Crippen molar-refractivity contribution in [3.05, 3.63) is 27.7 Å². The standard InChI is InChI=1S/C12H16BrNO/c1-8-5-11(6-9(2)12(8)13)14-10-3-4-15-7-10/h5-6,10,14H,3-4,7H2,1-2H3. The van der Waals surface area contributed by atoms with Crippen molar-refractivity contribution in [3.63, 3.8) is 0 Å². The van der Waals surface area contributed by atoms with Crippen molar-refractivity contribution in [2.45, 2.75) is 26.3 Å². The zero-order chi connectivity index (χ0) is 10.8. The first-order valence-corrected chi connectivity index (χ1v) is 6.07. The third-order valence-electron chi connectivity index (χ3n) is 2.74. The summed E-state index contributed by atoms with van der Waals surface area (Å²) >= 11 is 3.57. The maximum atomic E-state index is 5.34. The van der Waals surface area contributed by atoms with E-state index in [9.17, 15) is 0 Å². The Morgan fingerprint density at radius 3 is 2.53 bits per heavy atom. The van der Waals surface area contributed by atoms with E-state index < -0.39 is 0 Å². The van der Waals surface area contributed by atoms with Gasteiger partial charge in [-0.2, -0.15) is 0 Å². The molecule has 1 fully saturated rings. The van der Waals surface area contributed by atoms with E-state index in [1.807, 2.05) is 0 Å². The molecule has 0 radical (unpaired) electrons. The minimum Gasteiger partial charge on any atom is -0.380 e. The Morgan fingerprint density at radius 2 is 2.00 bits per heavy atom. The fraction of sp³-hybridized carbons (Fsp3) is 0.500. The van der Waals surface area contributed by atoms with E-state index in [0.29, 0.717) is 6.04 Å². The van der Waals surface area contributed by atoms with Gasteiger partial charge in [0.1, 0.15) is 0 Å². The third kappa shape index (κ3) is 2.52. The van der Waals surface area contributed by atoms with Crippen molar-refractivity contribution in [1.29, 1.82) is 0 Å². The molecule has 1 aromatic rings. The van der Waals surface area contributed by atoms with E-state index in [2.05, 4.69) is 47.2 Å². The van der Waals surface area contributed by atoms with Crippen molar-refractivity contribution < 1.29 is 4.74 Å². The predicted molar refractivity (Wildman–Crippen MR) is 66.5 cm³/mol. The Kier molecular flexibility index (Phi) is 3.32. The summed E-state index contributed by atoms with van der Waals surface area (Å²) in [6.07, 6.45) is 1.11. The average Bonchev–Trinajstić information content (AvgIpc) is 2.66. The number of rotatable bonds is 2. The Labute approximate surface area is 99.1 Å². The van der Waals surface area contributed by atoms with Gasteiger partial charge in [-0.1, -0.05) is 15.9 Å². The van der Waals surface area contributed by atoms with Gasteiger partial charge in [0, 0.05) is 16.8 Å². The van der Waals surface area contributed by atoms with Gasteiger partial charge < -0.3 is 10.1 Å². The molecule has 2 rings (SSSR count). The molecule has 3 heteroatoms. The molecule has 0 amide bonds. The maximum Gasteiger partial charge on any atom is 0.0668 e. The summed E-state index contributed by atoms with van der Waals surface area (Å²) in [5.74, 6) is 0. The number of hydrogen-bond donors (Lipinski definition) is 1. The number of hydrogen-bond acceptors (Lipinski definition) is 2. The highest BCUT2D eigenvalue weighted by Gasteiger charge is 2.15. The Bertz CT molecular complexity index is 336. The molecule has 0 saturated carbocycles. The largest absolute Gasteiger partial charge is 0.380 e. The molecule has 1 N–H and O–H groups in total. The quantitative estimate of drug-likeness (QED) is 0.890. The van der Waals surface area contributed by atoms with Crippen LogP contribution in [0.2, 0.25) is 0 Å². The zero-order valence-electron chi connectivity index (χ0n) is 9.14. The predicted octanol–water partition coefficient (Wildman–Crippen LogP) is 3.27. The summed E-state index contributed by atoms with van der Waals surface area (Å²) in [7, 11) is 0. The van der Waals surface area contributed by atoms with E-state index in [4.69, 9.17) is 4.74 Å². The van der Waals surface area contributed by atoms with Gasteiger partial charge in [0.25, 0.3) is 0 Å². The molecule has 82 valence electrons. The van der Waals surface area contributed by atoms with E-state index >= 15 is 0 Å². The molecule has 1 saturated heterocycles. The lowest BCUT2D eigenvalue weighted by molar-refractivity contribution is 0.195. The summed E-state index contributed by atoms with van der Waals surface area (Å²) in [4.78, 5) is 0. The van der Waals surface area contributed by atoms with Gasteiger partial charge >= 0.3 is 0 Å². The fourth-order valence-electron chi connectivity index (χ4n) is 1.91. The second kappa shape index (κ2) is 4.54. The molecular weight excluding hydrogens is 254 g/mol. The number of nitrogens with one attached hydrogen (secondary N) is 1. The number of anilines is 1. The lowest BCUT2D eigenvalue weighted by Crippen LogP contribution is -2.18. The highest BCUT2D eigenvalue weighted by atomic mass is 79.9. The molecule has 1 aromatic carbocycles. The van der Waals surface area contributed by atoms with Crippen LogP contribution in [-0.4, -0.2) is 19.3 Å². The first kappa shape index (κ1) is 11.0. The van der Waals surface area contributed by atoms with Crippen molar-refractivity contribution in [2.75, 3.05) is 18.5 Å². The van der Waals surface area contributed by atoms with Gasteiger partial charge in [-0.3, -0.25) is 0 Å². The maximum absolute atomic E-state index is 5.34. The number of benzene rings is 1. The van der Waals surface area contributed by atoms with Crippen molar-refractivity contribution in [1.82, 2.24) is 0 Å². The number of aryl methyl sites for hydroxylation is 2. The summed E-state index contributed by atoms with van der Waals surface area (Å²) in [6.45, 7) is 5.95. The molecule has 0 aromatic heterocycles. The SMILES string of the molecule is Cc1cc(NC2CCOC2)cc(C)c1Br. The minimum atomic E-state index is 0.477. The Morgan fingerprint density at radius 1 is 1.33 bits per heavy atom.